The molecule has 0 bridgehead atoms. The van der Waals surface area contributed by atoms with Crippen LogP contribution in [0.4, 0.5) is 5.69 Å². The van der Waals surface area contributed by atoms with E-state index in [2.05, 4.69) is 5.32 Å². The first-order valence-electron chi connectivity index (χ1n) is 5.86. The lowest BCUT2D eigenvalue weighted by Crippen LogP contribution is -2.42. The molecule has 1 aromatic carbocycles. The molecule has 1 unspecified atom stereocenters. The quantitative estimate of drug-likeness (QED) is 0.817. The summed E-state index contributed by atoms with van der Waals surface area (Å²) >= 11 is 0. The molecular weight excluding hydrogens is 264 g/mol. The largest absolute Gasteiger partial charge is 0.495 e. The van der Waals surface area contributed by atoms with Crippen molar-refractivity contribution in [2.75, 3.05) is 18.6 Å². The summed E-state index contributed by atoms with van der Waals surface area (Å²) in [6, 6.07) is 4.85. The molecule has 0 aliphatic carbocycles. The van der Waals surface area contributed by atoms with Gasteiger partial charge in [-0.1, -0.05) is 0 Å². The Morgan fingerprint density at radius 3 is 2.58 bits per heavy atom. The fourth-order valence-corrected chi connectivity index (χ4v) is 2.58. The van der Waals surface area contributed by atoms with E-state index in [9.17, 15) is 9.00 Å². The van der Waals surface area contributed by atoms with Gasteiger partial charge in [-0.3, -0.25) is 9.00 Å². The minimum atomic E-state index is -1.46. The van der Waals surface area contributed by atoms with E-state index in [0.29, 0.717) is 16.3 Å². The number of ether oxygens (including phenoxy) is 1. The zero-order chi connectivity index (χ0) is 14.6. The Hall–Kier alpha value is -1.56. The molecule has 1 rings (SSSR count). The molecule has 6 heteroatoms. The van der Waals surface area contributed by atoms with Crippen molar-refractivity contribution in [3.8, 4) is 5.75 Å². The number of benzene rings is 1. The van der Waals surface area contributed by atoms with E-state index < -0.39 is 10.8 Å². The monoisotopic (exact) mass is 284 g/mol. The van der Waals surface area contributed by atoms with Gasteiger partial charge in [-0.15, -0.1) is 0 Å². The highest BCUT2D eigenvalue weighted by atomic mass is 32.2. The third-order valence-corrected chi connectivity index (χ3v) is 3.56. The molecule has 3 N–H and O–H groups in total. The van der Waals surface area contributed by atoms with Gasteiger partial charge in [0.1, 0.15) is 11.5 Å². The maximum absolute atomic E-state index is 12.2. The Morgan fingerprint density at radius 2 is 2.05 bits per heavy atom. The predicted octanol–water partition coefficient (Wildman–Crippen LogP) is 1.30. The molecule has 0 saturated carbocycles. The van der Waals surface area contributed by atoms with Crippen LogP contribution in [0.2, 0.25) is 0 Å². The second-order valence-electron chi connectivity index (χ2n) is 5.20. The van der Waals surface area contributed by atoms with Crippen LogP contribution >= 0.6 is 0 Å². The highest BCUT2D eigenvalue weighted by molar-refractivity contribution is 7.85. The third-order valence-electron chi connectivity index (χ3n) is 2.21. The van der Waals surface area contributed by atoms with E-state index in [1.807, 2.05) is 20.8 Å². The van der Waals surface area contributed by atoms with E-state index in [-0.39, 0.29) is 17.2 Å². The van der Waals surface area contributed by atoms with Crippen molar-refractivity contribution in [2.45, 2.75) is 31.2 Å². The maximum Gasteiger partial charge on any atom is 0.233 e. The average molecular weight is 284 g/mol. The molecule has 0 aromatic heterocycles. The number of carbonyl (C=O) groups excluding carboxylic acids is 1. The van der Waals surface area contributed by atoms with Crippen LogP contribution in [-0.4, -0.2) is 28.5 Å². The van der Waals surface area contributed by atoms with Crippen LogP contribution in [0.3, 0.4) is 0 Å². The standard InChI is InChI=1S/C13H20N2O3S/c1-13(2,3)15-12(16)8-19(17)11-6-5-9(14)7-10(11)18-4/h5-7H,8,14H2,1-4H3,(H,15,16). The zero-order valence-corrected chi connectivity index (χ0v) is 12.5. The van der Waals surface area contributed by atoms with Crippen molar-refractivity contribution >= 4 is 22.4 Å². The summed E-state index contributed by atoms with van der Waals surface area (Å²) in [5, 5.41) is 2.77. The Bertz CT molecular complexity index is 495. The van der Waals surface area contributed by atoms with Crippen LogP contribution in [0.15, 0.2) is 23.1 Å². The summed E-state index contributed by atoms with van der Waals surface area (Å²) in [5.41, 5.74) is 5.81. The second kappa shape index (κ2) is 6.06. The Balaban J connectivity index is 2.81. The van der Waals surface area contributed by atoms with Crippen molar-refractivity contribution in [2.24, 2.45) is 0 Å². The highest BCUT2D eigenvalue weighted by Gasteiger charge is 2.18. The van der Waals surface area contributed by atoms with Crippen molar-refractivity contribution in [3.05, 3.63) is 18.2 Å². The van der Waals surface area contributed by atoms with Gasteiger partial charge < -0.3 is 15.8 Å². The maximum atomic E-state index is 12.2. The normalized spacial score (nSPS) is 12.8. The number of nitrogen functional groups attached to an aromatic ring is 1. The van der Waals surface area contributed by atoms with Gasteiger partial charge in [-0.25, -0.2) is 0 Å². The smallest absolute Gasteiger partial charge is 0.233 e. The fraction of sp³-hybridized carbons (Fsp3) is 0.462. The lowest BCUT2D eigenvalue weighted by atomic mass is 10.1. The molecule has 0 heterocycles. The van der Waals surface area contributed by atoms with Crippen molar-refractivity contribution < 1.29 is 13.7 Å². The van der Waals surface area contributed by atoms with Crippen LogP contribution in [-0.2, 0) is 15.6 Å². The molecule has 0 spiro atoms. The third kappa shape index (κ3) is 4.90. The number of rotatable bonds is 4. The van der Waals surface area contributed by atoms with Crippen LogP contribution in [0.1, 0.15) is 20.8 Å². The van der Waals surface area contributed by atoms with Gasteiger partial charge in [-0.2, -0.15) is 0 Å². The minimum absolute atomic E-state index is 0.0997. The molecule has 1 amide bonds. The lowest BCUT2D eigenvalue weighted by Gasteiger charge is -2.20. The van der Waals surface area contributed by atoms with Gasteiger partial charge in [0.2, 0.25) is 5.91 Å². The topological polar surface area (TPSA) is 81.4 Å². The lowest BCUT2D eigenvalue weighted by molar-refractivity contribution is -0.119. The summed E-state index contributed by atoms with van der Waals surface area (Å²) in [6.45, 7) is 5.62. The van der Waals surface area contributed by atoms with Gasteiger partial charge in [-0.05, 0) is 32.9 Å². The SMILES string of the molecule is COc1cc(N)ccc1S(=O)CC(=O)NC(C)(C)C. The summed E-state index contributed by atoms with van der Waals surface area (Å²) < 4.78 is 17.3. The number of hydrogen-bond acceptors (Lipinski definition) is 4. The second-order valence-corrected chi connectivity index (χ2v) is 6.62. The first kappa shape index (κ1) is 15.5. The van der Waals surface area contributed by atoms with Gasteiger partial charge in [0.05, 0.1) is 22.8 Å². The first-order valence-corrected chi connectivity index (χ1v) is 7.18. The number of anilines is 1. The van der Waals surface area contributed by atoms with E-state index in [1.165, 1.54) is 7.11 Å². The van der Waals surface area contributed by atoms with Crippen LogP contribution in [0.5, 0.6) is 5.75 Å². The Morgan fingerprint density at radius 1 is 1.42 bits per heavy atom. The molecule has 0 aliphatic heterocycles. The van der Waals surface area contributed by atoms with Gasteiger partial charge in [0, 0.05) is 17.3 Å². The number of carbonyl (C=O) groups is 1. The van der Waals surface area contributed by atoms with E-state index >= 15 is 0 Å². The van der Waals surface area contributed by atoms with E-state index in [1.54, 1.807) is 18.2 Å². The van der Waals surface area contributed by atoms with Gasteiger partial charge in [0.25, 0.3) is 0 Å². The Labute approximate surface area is 116 Å². The average Bonchev–Trinajstić information content (AvgIpc) is 2.25. The van der Waals surface area contributed by atoms with Gasteiger partial charge >= 0.3 is 0 Å². The predicted molar refractivity (Wildman–Crippen MR) is 76.6 cm³/mol. The Kier molecular flexibility index (Phi) is 4.94. The molecule has 0 aliphatic rings. The molecule has 0 saturated heterocycles. The highest BCUT2D eigenvalue weighted by Crippen LogP contribution is 2.24. The number of methoxy groups -OCH3 is 1. The zero-order valence-electron chi connectivity index (χ0n) is 11.6. The van der Waals surface area contributed by atoms with Gasteiger partial charge in [0.15, 0.2) is 0 Å². The fourth-order valence-electron chi connectivity index (χ4n) is 1.52. The van der Waals surface area contributed by atoms with Crippen LogP contribution < -0.4 is 15.8 Å². The van der Waals surface area contributed by atoms with Crippen LogP contribution in [0, 0.1) is 0 Å². The number of nitrogens with two attached hydrogens (primary N) is 1. The van der Waals surface area contributed by atoms with Crippen molar-refractivity contribution in [1.82, 2.24) is 5.32 Å². The summed E-state index contributed by atoms with van der Waals surface area (Å²) in [6.07, 6.45) is 0. The molecule has 106 valence electrons. The number of hydrogen-bond donors (Lipinski definition) is 2. The minimum Gasteiger partial charge on any atom is -0.495 e. The molecule has 19 heavy (non-hydrogen) atoms. The van der Waals surface area contributed by atoms with E-state index in [4.69, 9.17) is 10.5 Å². The van der Waals surface area contributed by atoms with E-state index in [0.717, 1.165) is 0 Å². The number of nitrogens with one attached hydrogen (secondary N) is 1. The van der Waals surface area contributed by atoms with Crippen LogP contribution in [0.25, 0.3) is 0 Å². The molecular formula is C13H20N2O3S. The summed E-state index contributed by atoms with van der Waals surface area (Å²) in [5.74, 6) is 0.0731. The molecule has 1 atom stereocenters. The molecule has 1 aromatic rings. The van der Waals surface area contributed by atoms with Crippen molar-refractivity contribution in [3.63, 3.8) is 0 Å². The molecule has 0 fully saturated rings. The first-order chi connectivity index (χ1) is 8.73. The van der Waals surface area contributed by atoms with Crippen molar-refractivity contribution in [1.29, 1.82) is 0 Å². The molecule has 0 radical (unpaired) electrons. The number of amides is 1. The molecule has 5 nitrogen and oxygen atoms in total. The summed E-state index contributed by atoms with van der Waals surface area (Å²) in [4.78, 5) is 12.2. The summed E-state index contributed by atoms with van der Waals surface area (Å²) in [7, 11) is 0.0164.